The molecule has 4 nitrogen and oxygen atoms in total. The predicted molar refractivity (Wildman–Crippen MR) is 91.0 cm³/mol. The van der Waals surface area contributed by atoms with Gasteiger partial charge in [-0.2, -0.15) is 0 Å². The van der Waals surface area contributed by atoms with Crippen molar-refractivity contribution < 1.29 is 0 Å². The summed E-state index contributed by atoms with van der Waals surface area (Å²) < 4.78 is 2.14. The summed E-state index contributed by atoms with van der Waals surface area (Å²) in [6, 6.07) is 14.5. The van der Waals surface area contributed by atoms with Gasteiger partial charge in [0, 0.05) is 49.7 Å². The van der Waals surface area contributed by atoms with Gasteiger partial charge in [-0.15, -0.1) is 11.8 Å². The van der Waals surface area contributed by atoms with Gasteiger partial charge in [-0.1, -0.05) is 18.2 Å². The lowest BCUT2D eigenvalue weighted by Gasteiger charge is -2.12. The maximum Gasteiger partial charge on any atom is 0.191 e. The van der Waals surface area contributed by atoms with Gasteiger partial charge >= 0.3 is 0 Å². The first-order chi connectivity index (χ1) is 10.4. The Hall–Kier alpha value is -1.88. The van der Waals surface area contributed by atoms with Gasteiger partial charge in [0.05, 0.1) is 0 Å². The van der Waals surface area contributed by atoms with Crippen molar-refractivity contribution in [1.82, 2.24) is 15.2 Å². The minimum absolute atomic E-state index is 0.857. The largest absolute Gasteiger partial charge is 0.356 e. The Morgan fingerprint density at radius 2 is 1.76 bits per heavy atom. The van der Waals surface area contributed by atoms with Crippen molar-refractivity contribution in [1.29, 1.82) is 0 Å². The summed E-state index contributed by atoms with van der Waals surface area (Å²) in [6.07, 6.45) is 4.13. The quantitative estimate of drug-likeness (QED) is 0.357. The first-order valence-corrected chi connectivity index (χ1v) is 8.10. The molecule has 0 saturated heterocycles. The zero-order valence-corrected chi connectivity index (χ0v) is 13.1. The smallest absolute Gasteiger partial charge is 0.191 e. The molecule has 1 aromatic carbocycles. The third kappa shape index (κ3) is 5.95. The number of thioether (sulfide) groups is 1. The minimum Gasteiger partial charge on any atom is -0.356 e. The highest BCUT2D eigenvalue weighted by molar-refractivity contribution is 7.99. The second-order valence-electron chi connectivity index (χ2n) is 4.51. The van der Waals surface area contributed by atoms with Crippen LogP contribution in [0.5, 0.6) is 0 Å². The van der Waals surface area contributed by atoms with Gasteiger partial charge in [0.25, 0.3) is 0 Å². The molecule has 2 rings (SSSR count). The number of rotatable bonds is 7. The fraction of sp³-hybridized carbons (Fsp3) is 0.312. The number of aliphatic imine (C=N–C) groups is 1. The van der Waals surface area contributed by atoms with Crippen LogP contribution in [-0.4, -0.2) is 36.4 Å². The van der Waals surface area contributed by atoms with Gasteiger partial charge < -0.3 is 15.2 Å². The number of nitrogens with zero attached hydrogens (tertiary/aromatic N) is 2. The highest BCUT2D eigenvalue weighted by Gasteiger charge is 1.97. The number of hydrogen-bond donors (Lipinski definition) is 2. The summed E-state index contributed by atoms with van der Waals surface area (Å²) in [5, 5.41) is 6.64. The standard InChI is InChI=1S/C16H22N4S/c1-17-16(18-9-13-20-11-5-6-12-20)19-10-14-21-15-7-3-2-4-8-15/h2-8,11-12H,9-10,13-14H2,1H3,(H2,17,18,19). The van der Waals surface area contributed by atoms with E-state index in [1.807, 2.05) is 30.0 Å². The fourth-order valence-electron chi connectivity index (χ4n) is 1.90. The maximum absolute atomic E-state index is 4.23. The van der Waals surface area contributed by atoms with Crippen molar-refractivity contribution in [3.05, 3.63) is 54.9 Å². The number of benzene rings is 1. The first-order valence-electron chi connectivity index (χ1n) is 7.11. The molecule has 1 aromatic heterocycles. The molecule has 2 N–H and O–H groups in total. The number of guanidine groups is 1. The van der Waals surface area contributed by atoms with E-state index in [2.05, 4.69) is 56.9 Å². The van der Waals surface area contributed by atoms with E-state index in [4.69, 9.17) is 0 Å². The zero-order valence-electron chi connectivity index (χ0n) is 12.3. The molecule has 0 aliphatic rings. The van der Waals surface area contributed by atoms with Crippen LogP contribution in [0.4, 0.5) is 0 Å². The van der Waals surface area contributed by atoms with E-state index >= 15 is 0 Å². The van der Waals surface area contributed by atoms with Crippen molar-refractivity contribution in [3.8, 4) is 0 Å². The lowest BCUT2D eigenvalue weighted by atomic mass is 10.4. The molecule has 0 spiro atoms. The highest BCUT2D eigenvalue weighted by Crippen LogP contribution is 2.15. The summed E-state index contributed by atoms with van der Waals surface area (Å²) in [5.74, 6) is 1.87. The lowest BCUT2D eigenvalue weighted by Crippen LogP contribution is -2.39. The summed E-state index contributed by atoms with van der Waals surface area (Å²) in [6.45, 7) is 2.69. The van der Waals surface area contributed by atoms with Crippen molar-refractivity contribution >= 4 is 17.7 Å². The molecule has 5 heteroatoms. The normalized spacial score (nSPS) is 11.4. The van der Waals surface area contributed by atoms with Crippen LogP contribution in [0.2, 0.25) is 0 Å². The van der Waals surface area contributed by atoms with Crippen molar-refractivity contribution in [3.63, 3.8) is 0 Å². The van der Waals surface area contributed by atoms with Crippen LogP contribution in [0.1, 0.15) is 0 Å². The Bertz CT molecular complexity index is 522. The van der Waals surface area contributed by atoms with Crippen LogP contribution in [0.15, 0.2) is 64.7 Å². The Kier molecular flexibility index (Phi) is 6.74. The van der Waals surface area contributed by atoms with Gasteiger partial charge in [0.2, 0.25) is 0 Å². The van der Waals surface area contributed by atoms with E-state index in [1.165, 1.54) is 4.90 Å². The van der Waals surface area contributed by atoms with E-state index in [1.54, 1.807) is 7.05 Å². The third-order valence-corrected chi connectivity index (χ3v) is 3.97. The van der Waals surface area contributed by atoms with Crippen molar-refractivity contribution in [2.24, 2.45) is 4.99 Å². The number of hydrogen-bond acceptors (Lipinski definition) is 2. The minimum atomic E-state index is 0.857. The number of nitrogens with one attached hydrogen (secondary N) is 2. The first kappa shape index (κ1) is 15.5. The molecular formula is C16H22N4S. The zero-order chi connectivity index (χ0) is 14.8. The average Bonchev–Trinajstić information content (AvgIpc) is 3.04. The van der Waals surface area contributed by atoms with Crippen molar-refractivity contribution in [2.45, 2.75) is 11.4 Å². The average molecular weight is 302 g/mol. The van der Waals surface area contributed by atoms with E-state index in [0.29, 0.717) is 0 Å². The third-order valence-electron chi connectivity index (χ3n) is 2.96. The molecule has 0 aliphatic carbocycles. The molecule has 0 aliphatic heterocycles. The van der Waals surface area contributed by atoms with Gasteiger partial charge in [-0.3, -0.25) is 4.99 Å². The molecule has 2 aromatic rings. The van der Waals surface area contributed by atoms with Crippen LogP contribution in [0.3, 0.4) is 0 Å². The van der Waals surface area contributed by atoms with Crippen LogP contribution in [-0.2, 0) is 6.54 Å². The Morgan fingerprint density at radius 3 is 2.48 bits per heavy atom. The van der Waals surface area contributed by atoms with Gasteiger partial charge in [0.15, 0.2) is 5.96 Å². The molecule has 0 bridgehead atoms. The summed E-state index contributed by atoms with van der Waals surface area (Å²) in [7, 11) is 1.80. The number of aromatic nitrogens is 1. The monoisotopic (exact) mass is 302 g/mol. The van der Waals surface area contributed by atoms with Crippen LogP contribution in [0, 0.1) is 0 Å². The second-order valence-corrected chi connectivity index (χ2v) is 5.68. The van der Waals surface area contributed by atoms with Gasteiger partial charge in [0.1, 0.15) is 0 Å². The van der Waals surface area contributed by atoms with Gasteiger partial charge in [-0.05, 0) is 24.3 Å². The lowest BCUT2D eigenvalue weighted by molar-refractivity contribution is 0.667. The SMILES string of the molecule is CN=C(NCCSc1ccccc1)NCCn1cccc1. The summed E-state index contributed by atoms with van der Waals surface area (Å²) in [5.41, 5.74) is 0. The summed E-state index contributed by atoms with van der Waals surface area (Å²) >= 11 is 1.85. The maximum atomic E-state index is 4.23. The molecule has 0 saturated carbocycles. The highest BCUT2D eigenvalue weighted by atomic mass is 32.2. The Labute approximate surface area is 130 Å². The molecule has 0 radical (unpaired) electrons. The molecular weight excluding hydrogens is 280 g/mol. The molecule has 1 heterocycles. The van der Waals surface area contributed by atoms with E-state index < -0.39 is 0 Å². The molecule has 0 atom stereocenters. The van der Waals surface area contributed by atoms with E-state index in [-0.39, 0.29) is 0 Å². The Balaban J connectivity index is 1.59. The molecule has 0 amide bonds. The molecule has 112 valence electrons. The van der Waals surface area contributed by atoms with Crippen LogP contribution in [0.25, 0.3) is 0 Å². The molecule has 21 heavy (non-hydrogen) atoms. The topological polar surface area (TPSA) is 41.4 Å². The van der Waals surface area contributed by atoms with Crippen LogP contribution >= 0.6 is 11.8 Å². The van der Waals surface area contributed by atoms with Crippen LogP contribution < -0.4 is 10.6 Å². The second kappa shape index (κ2) is 9.13. The van der Waals surface area contributed by atoms with E-state index in [0.717, 1.165) is 31.3 Å². The Morgan fingerprint density at radius 1 is 1.05 bits per heavy atom. The van der Waals surface area contributed by atoms with Crippen molar-refractivity contribution in [2.75, 3.05) is 25.9 Å². The molecule has 0 fully saturated rings. The van der Waals surface area contributed by atoms with Gasteiger partial charge in [-0.25, -0.2) is 0 Å². The predicted octanol–water partition coefficient (Wildman–Crippen LogP) is 2.45. The molecule has 0 unspecified atom stereocenters. The van der Waals surface area contributed by atoms with E-state index in [9.17, 15) is 0 Å². The fourth-order valence-corrected chi connectivity index (χ4v) is 2.69. The summed E-state index contributed by atoms with van der Waals surface area (Å²) in [4.78, 5) is 5.53.